The Balaban J connectivity index is 0.789. The van der Waals surface area contributed by atoms with Crippen molar-refractivity contribution in [3.05, 3.63) is 63.6 Å². The summed E-state index contributed by atoms with van der Waals surface area (Å²) in [5.41, 5.74) is 7.59. The Bertz CT molecular complexity index is 1980. The van der Waals surface area contributed by atoms with E-state index in [1.54, 1.807) is 10.7 Å². The molecule has 0 saturated carbocycles. The summed E-state index contributed by atoms with van der Waals surface area (Å²) in [6.45, 7) is 19.1. The van der Waals surface area contributed by atoms with Gasteiger partial charge in [-0.3, -0.25) is 9.69 Å². The van der Waals surface area contributed by atoms with Gasteiger partial charge in [0.25, 0.3) is 5.91 Å². The van der Waals surface area contributed by atoms with Crippen molar-refractivity contribution in [3.8, 4) is 0 Å². The summed E-state index contributed by atoms with van der Waals surface area (Å²) in [6, 6.07) is 7.39. The second kappa shape index (κ2) is 34.3. The number of rotatable bonds is 39. The molecule has 1 amide bonds. The van der Waals surface area contributed by atoms with E-state index in [1.807, 2.05) is 38.2 Å². The Labute approximate surface area is 413 Å². The molecular weight excluding hydrogens is 938 g/mol. The van der Waals surface area contributed by atoms with E-state index in [9.17, 15) is 4.79 Å². The molecule has 0 spiro atoms. The minimum absolute atomic E-state index is 0.279. The molecule has 0 unspecified atom stereocenters. The highest BCUT2D eigenvalue weighted by atomic mass is 35.5. The molecule has 384 valence electrons. The summed E-state index contributed by atoms with van der Waals surface area (Å²) in [5.74, 6) is 1.80. The number of carbonyl (C=O) groups excluding carboxylic acids is 1. The van der Waals surface area contributed by atoms with Crippen LogP contribution >= 0.6 is 22.9 Å². The Hall–Kier alpha value is -4.05. The smallest absolute Gasteiger partial charge is 0.267 e. The van der Waals surface area contributed by atoms with Gasteiger partial charge in [-0.15, -0.1) is 5.10 Å². The number of carbonyl (C=O) groups is 1. The molecule has 3 aromatic heterocycles. The van der Waals surface area contributed by atoms with Crippen molar-refractivity contribution < 1.29 is 52.2 Å². The van der Waals surface area contributed by atoms with Gasteiger partial charge in [0.05, 0.1) is 162 Å². The van der Waals surface area contributed by atoms with Crippen molar-refractivity contribution in [2.45, 2.75) is 27.0 Å². The number of nitrogens with zero attached hydrogens (tertiary/aromatic N) is 8. The maximum absolute atomic E-state index is 12.9. The van der Waals surface area contributed by atoms with Crippen LogP contribution in [0.4, 0.5) is 22.5 Å². The van der Waals surface area contributed by atoms with Gasteiger partial charge in [0, 0.05) is 45.3 Å². The lowest BCUT2D eigenvalue weighted by Gasteiger charge is -2.35. The zero-order valence-electron chi connectivity index (χ0n) is 40.0. The monoisotopic (exact) mass is 1010 g/mol. The first kappa shape index (κ1) is 55.9. The van der Waals surface area contributed by atoms with Crippen LogP contribution in [-0.4, -0.2) is 206 Å². The normalized spacial score (nSPS) is 13.1. The predicted octanol–water partition coefficient (Wildman–Crippen LogP) is 3.24. The van der Waals surface area contributed by atoms with Gasteiger partial charge in [0.2, 0.25) is 0 Å². The summed E-state index contributed by atoms with van der Waals surface area (Å²) >= 11 is 7.53. The minimum Gasteiger partial charge on any atom is -0.378 e. The summed E-state index contributed by atoms with van der Waals surface area (Å²) in [5, 5.41) is 15.6. The molecule has 1 saturated heterocycles. The molecule has 1 aliphatic rings. The van der Waals surface area contributed by atoms with E-state index in [0.717, 1.165) is 49.8 Å². The van der Waals surface area contributed by atoms with Crippen molar-refractivity contribution >= 4 is 51.3 Å². The van der Waals surface area contributed by atoms with Gasteiger partial charge in [-0.25, -0.2) is 19.6 Å². The van der Waals surface area contributed by atoms with Crippen LogP contribution in [-0.2, 0) is 60.5 Å². The van der Waals surface area contributed by atoms with Gasteiger partial charge in [-0.1, -0.05) is 40.3 Å². The zero-order valence-corrected chi connectivity index (χ0v) is 41.6. The number of nitrogens with two attached hydrogens (primary N) is 1. The summed E-state index contributed by atoms with van der Waals surface area (Å²) in [7, 11) is 0. The van der Waals surface area contributed by atoms with Crippen LogP contribution < -0.4 is 21.3 Å². The number of hydrogen-bond acceptors (Lipinski definition) is 21. The quantitative estimate of drug-likeness (QED) is 0.0544. The fourth-order valence-corrected chi connectivity index (χ4v) is 7.46. The van der Waals surface area contributed by atoms with Crippen LogP contribution in [0.25, 0.3) is 0 Å². The molecule has 1 aromatic carbocycles. The Morgan fingerprint density at radius 2 is 1.26 bits per heavy atom. The number of anilines is 4. The molecule has 0 atom stereocenters. The van der Waals surface area contributed by atoms with Crippen LogP contribution in [0.15, 0.2) is 36.7 Å². The molecular formula is C45H70ClN11O11S. The number of para-hydroxylation sites is 1. The Kier molecular flexibility index (Phi) is 27.8. The fraction of sp³-hybridized carbons (Fsp3) is 0.644. The molecule has 4 N–H and O–H groups in total. The largest absolute Gasteiger partial charge is 0.378 e. The third-order valence-corrected chi connectivity index (χ3v) is 11.3. The van der Waals surface area contributed by atoms with E-state index in [0.29, 0.717) is 178 Å². The van der Waals surface area contributed by atoms with Crippen LogP contribution in [0.2, 0.25) is 5.02 Å². The maximum Gasteiger partial charge on any atom is 0.267 e. The van der Waals surface area contributed by atoms with Crippen molar-refractivity contribution in [2.24, 2.45) is 5.73 Å². The molecule has 1 aliphatic heterocycles. The van der Waals surface area contributed by atoms with Crippen molar-refractivity contribution in [3.63, 3.8) is 0 Å². The molecule has 22 nitrogen and oxygen atoms in total. The molecule has 0 bridgehead atoms. The third kappa shape index (κ3) is 23.2. The number of nitrogens with one attached hydrogen (secondary N) is 2. The minimum atomic E-state index is -0.279. The number of aromatic nitrogens is 6. The summed E-state index contributed by atoms with van der Waals surface area (Å²) < 4.78 is 57.1. The lowest BCUT2D eigenvalue weighted by Crippen LogP contribution is -2.47. The highest BCUT2D eigenvalue weighted by Gasteiger charge is 2.20. The first-order valence-corrected chi connectivity index (χ1v) is 24.6. The highest BCUT2D eigenvalue weighted by molar-refractivity contribution is 7.17. The molecule has 0 radical (unpaired) electrons. The topological polar surface area (TPSA) is 235 Å². The Morgan fingerprint density at radius 3 is 1.83 bits per heavy atom. The standard InChI is InChI=1S/C45H70ClN11O11S/c1-36-4-3-5-39(46)43(36)52-44(58)40-33-48-45(69-40)51-41-32-42(50-37(2)49-41)56-9-7-55(8-10-56)11-14-68-35-38-34-57(54-53-38)12-15-60-17-19-62-21-23-64-25-27-66-29-31-67-30-28-65-26-24-63-22-20-61-18-16-59-13-6-47/h3-5,32-34H,6-31,35,47H2,1-2H3,(H,52,58)(H,48,49,50,51). The summed E-state index contributed by atoms with van der Waals surface area (Å²) in [4.78, 5) is 31.6. The number of ether oxygens (including phenoxy) is 10. The molecule has 4 aromatic rings. The van der Waals surface area contributed by atoms with E-state index in [1.165, 1.54) is 17.5 Å². The number of aryl methyl sites for hydroxylation is 2. The predicted molar refractivity (Wildman–Crippen MR) is 261 cm³/mol. The Morgan fingerprint density at radius 1 is 0.710 bits per heavy atom. The van der Waals surface area contributed by atoms with Gasteiger partial charge in [0.15, 0.2) is 5.13 Å². The average molecular weight is 1010 g/mol. The van der Waals surface area contributed by atoms with Gasteiger partial charge in [-0.05, 0) is 25.5 Å². The van der Waals surface area contributed by atoms with Crippen LogP contribution in [0.5, 0.6) is 0 Å². The second-order valence-corrected chi connectivity index (χ2v) is 16.8. The van der Waals surface area contributed by atoms with Crippen LogP contribution in [0.1, 0.15) is 26.8 Å². The van der Waals surface area contributed by atoms with Crippen molar-refractivity contribution in [1.29, 1.82) is 0 Å². The van der Waals surface area contributed by atoms with E-state index < -0.39 is 0 Å². The molecule has 69 heavy (non-hydrogen) atoms. The first-order chi connectivity index (χ1) is 33.9. The van der Waals surface area contributed by atoms with Crippen molar-refractivity contribution in [1.82, 2.24) is 34.8 Å². The van der Waals surface area contributed by atoms with Gasteiger partial charge < -0.3 is 68.6 Å². The van der Waals surface area contributed by atoms with Gasteiger partial charge in [-0.2, -0.15) is 0 Å². The van der Waals surface area contributed by atoms with E-state index in [-0.39, 0.29) is 5.91 Å². The highest BCUT2D eigenvalue weighted by Crippen LogP contribution is 2.28. The number of halogens is 1. The van der Waals surface area contributed by atoms with E-state index in [2.05, 4.69) is 40.7 Å². The van der Waals surface area contributed by atoms with Gasteiger partial charge in [0.1, 0.15) is 28.0 Å². The molecule has 1 fully saturated rings. The number of hydrogen-bond donors (Lipinski definition) is 3. The molecule has 24 heteroatoms. The molecule has 4 heterocycles. The van der Waals surface area contributed by atoms with Gasteiger partial charge >= 0.3 is 0 Å². The maximum atomic E-state index is 12.9. The average Bonchev–Trinajstić information content (AvgIpc) is 4.02. The SMILES string of the molecule is Cc1nc(Nc2ncc(C(=O)Nc3c(C)cccc3Cl)s2)cc(N2CCN(CCOCc3cn(CCOCCOCCOCCOCCOCCOCCOCCOCCOCCN)nn3)CC2)n1. The van der Waals surface area contributed by atoms with E-state index >= 15 is 0 Å². The lowest BCUT2D eigenvalue weighted by molar-refractivity contribution is -0.0250. The zero-order chi connectivity index (χ0) is 48.6. The molecule has 0 aliphatic carbocycles. The summed E-state index contributed by atoms with van der Waals surface area (Å²) in [6.07, 6.45) is 3.42. The lowest BCUT2D eigenvalue weighted by atomic mass is 10.2. The number of thiazole rings is 1. The third-order valence-electron chi connectivity index (χ3n) is 10.0. The number of piperazine rings is 1. The van der Waals surface area contributed by atoms with Crippen molar-refractivity contribution in [2.75, 3.05) is 180 Å². The van der Waals surface area contributed by atoms with E-state index in [4.69, 9.17) is 69.7 Å². The fourth-order valence-electron chi connectivity index (χ4n) is 6.48. The van der Waals surface area contributed by atoms with Crippen LogP contribution in [0.3, 0.4) is 0 Å². The van der Waals surface area contributed by atoms with Crippen LogP contribution in [0, 0.1) is 13.8 Å². The molecule has 5 rings (SSSR count). The number of amides is 1. The first-order valence-electron chi connectivity index (χ1n) is 23.4. The second-order valence-electron chi connectivity index (χ2n) is 15.4. The number of benzene rings is 1.